The van der Waals surface area contributed by atoms with Gasteiger partial charge < -0.3 is 5.32 Å². The Labute approximate surface area is 135 Å². The number of amides is 1. The highest BCUT2D eigenvalue weighted by molar-refractivity contribution is 7.92. The highest BCUT2D eigenvalue weighted by Gasteiger charge is 2.22. The Hall–Kier alpha value is -2.48. The Morgan fingerprint density at radius 1 is 1.13 bits per heavy atom. The predicted octanol–water partition coefficient (Wildman–Crippen LogP) is 1.88. The largest absolute Gasteiger partial charge is 0.326 e. The third-order valence-electron chi connectivity index (χ3n) is 3.11. The molecule has 23 heavy (non-hydrogen) atoms. The van der Waals surface area contributed by atoms with Gasteiger partial charge in [0.15, 0.2) is 0 Å². The van der Waals surface area contributed by atoms with Crippen molar-refractivity contribution in [3.63, 3.8) is 0 Å². The molecule has 0 aliphatic rings. The zero-order chi connectivity index (χ0) is 17.2. The van der Waals surface area contributed by atoms with Crippen LogP contribution < -0.4 is 9.62 Å². The van der Waals surface area contributed by atoms with Crippen molar-refractivity contribution in [3.8, 4) is 0 Å². The van der Waals surface area contributed by atoms with E-state index in [0.29, 0.717) is 23.0 Å². The summed E-state index contributed by atoms with van der Waals surface area (Å²) >= 11 is 0. The lowest BCUT2D eigenvalue weighted by atomic mass is 10.3. The van der Waals surface area contributed by atoms with E-state index in [-0.39, 0.29) is 10.8 Å². The Balaban J connectivity index is 2.35. The quantitative estimate of drug-likeness (QED) is 0.921. The molecular weight excluding hydrogens is 316 g/mol. The second-order valence-electron chi connectivity index (χ2n) is 5.09. The van der Waals surface area contributed by atoms with Crippen molar-refractivity contribution < 1.29 is 13.2 Å². The average molecular weight is 334 g/mol. The van der Waals surface area contributed by atoms with Crippen LogP contribution in [0.3, 0.4) is 0 Å². The molecule has 0 fully saturated rings. The van der Waals surface area contributed by atoms with E-state index in [1.54, 1.807) is 32.0 Å². The SMILES string of the molecule is CC(=O)Nc1ccc(S(=O)(=O)N(C)c2cc(C)nc(C)n2)cc1. The van der Waals surface area contributed by atoms with Crippen molar-refractivity contribution in [2.45, 2.75) is 25.7 Å². The molecule has 0 atom stereocenters. The van der Waals surface area contributed by atoms with E-state index in [4.69, 9.17) is 0 Å². The first-order valence-electron chi connectivity index (χ1n) is 6.89. The Kier molecular flexibility index (Phi) is 4.65. The van der Waals surface area contributed by atoms with Crippen LogP contribution >= 0.6 is 0 Å². The van der Waals surface area contributed by atoms with Crippen LogP contribution in [-0.2, 0) is 14.8 Å². The Morgan fingerprint density at radius 2 is 1.74 bits per heavy atom. The number of aromatic nitrogens is 2. The molecule has 1 amide bonds. The third kappa shape index (κ3) is 3.84. The second-order valence-corrected chi connectivity index (χ2v) is 7.06. The summed E-state index contributed by atoms with van der Waals surface area (Å²) in [4.78, 5) is 19.4. The van der Waals surface area contributed by atoms with Crippen molar-refractivity contribution in [1.29, 1.82) is 0 Å². The molecule has 0 bridgehead atoms. The van der Waals surface area contributed by atoms with Crippen LogP contribution in [0.2, 0.25) is 0 Å². The van der Waals surface area contributed by atoms with Crippen molar-refractivity contribution in [2.24, 2.45) is 0 Å². The Morgan fingerprint density at radius 3 is 2.26 bits per heavy atom. The molecule has 0 aliphatic heterocycles. The molecule has 1 N–H and O–H groups in total. The molecule has 2 rings (SSSR count). The number of nitrogens with zero attached hydrogens (tertiary/aromatic N) is 3. The zero-order valence-electron chi connectivity index (χ0n) is 13.4. The fraction of sp³-hybridized carbons (Fsp3) is 0.267. The van der Waals surface area contributed by atoms with E-state index in [1.807, 2.05) is 0 Å². The number of carbonyl (C=O) groups excluding carboxylic acids is 1. The first kappa shape index (κ1) is 16.9. The monoisotopic (exact) mass is 334 g/mol. The lowest BCUT2D eigenvalue weighted by Crippen LogP contribution is -2.27. The van der Waals surface area contributed by atoms with Crippen LogP contribution in [-0.4, -0.2) is 31.3 Å². The highest BCUT2D eigenvalue weighted by Crippen LogP contribution is 2.22. The van der Waals surface area contributed by atoms with E-state index >= 15 is 0 Å². The predicted molar refractivity (Wildman–Crippen MR) is 87.8 cm³/mol. The minimum absolute atomic E-state index is 0.114. The van der Waals surface area contributed by atoms with E-state index in [0.717, 1.165) is 4.31 Å². The number of hydrogen-bond acceptors (Lipinski definition) is 5. The second kappa shape index (κ2) is 6.33. The molecule has 0 aliphatic carbocycles. The third-order valence-corrected chi connectivity index (χ3v) is 4.88. The minimum Gasteiger partial charge on any atom is -0.326 e. The lowest BCUT2D eigenvalue weighted by Gasteiger charge is -2.19. The van der Waals surface area contributed by atoms with Crippen molar-refractivity contribution in [1.82, 2.24) is 9.97 Å². The molecule has 0 unspecified atom stereocenters. The van der Waals surface area contributed by atoms with Crippen molar-refractivity contribution in [3.05, 3.63) is 41.9 Å². The highest BCUT2D eigenvalue weighted by atomic mass is 32.2. The molecule has 1 aromatic carbocycles. The topological polar surface area (TPSA) is 92.3 Å². The maximum Gasteiger partial charge on any atom is 0.265 e. The van der Waals surface area contributed by atoms with Gasteiger partial charge in [0.2, 0.25) is 5.91 Å². The molecule has 122 valence electrons. The van der Waals surface area contributed by atoms with E-state index in [9.17, 15) is 13.2 Å². The first-order valence-corrected chi connectivity index (χ1v) is 8.33. The average Bonchev–Trinajstić information content (AvgIpc) is 2.45. The molecule has 0 radical (unpaired) electrons. The van der Waals surface area contributed by atoms with Gasteiger partial charge in [-0.15, -0.1) is 0 Å². The van der Waals surface area contributed by atoms with E-state index in [2.05, 4.69) is 15.3 Å². The lowest BCUT2D eigenvalue weighted by molar-refractivity contribution is -0.114. The van der Waals surface area contributed by atoms with E-state index in [1.165, 1.54) is 26.1 Å². The van der Waals surface area contributed by atoms with Gasteiger partial charge in [-0.25, -0.2) is 18.4 Å². The summed E-state index contributed by atoms with van der Waals surface area (Å²) in [6, 6.07) is 7.57. The number of sulfonamides is 1. The van der Waals surface area contributed by atoms with Gasteiger partial charge in [0, 0.05) is 31.4 Å². The maximum atomic E-state index is 12.7. The van der Waals surface area contributed by atoms with Crippen molar-refractivity contribution in [2.75, 3.05) is 16.7 Å². The maximum absolute atomic E-state index is 12.7. The van der Waals surface area contributed by atoms with Crippen LogP contribution in [0.4, 0.5) is 11.5 Å². The van der Waals surface area contributed by atoms with Crippen LogP contribution in [0, 0.1) is 13.8 Å². The van der Waals surface area contributed by atoms with Crippen LogP contribution in [0.1, 0.15) is 18.4 Å². The number of hydrogen-bond donors (Lipinski definition) is 1. The van der Waals surface area contributed by atoms with Gasteiger partial charge in [-0.05, 0) is 38.1 Å². The van der Waals surface area contributed by atoms with Gasteiger partial charge in [0.25, 0.3) is 10.0 Å². The number of anilines is 2. The normalized spacial score (nSPS) is 11.1. The van der Waals surface area contributed by atoms with Crippen LogP contribution in [0.15, 0.2) is 35.2 Å². The number of benzene rings is 1. The van der Waals surface area contributed by atoms with Gasteiger partial charge in [0.05, 0.1) is 4.90 Å². The number of nitrogens with one attached hydrogen (secondary N) is 1. The summed E-state index contributed by atoms with van der Waals surface area (Å²) in [6.45, 7) is 4.87. The van der Waals surface area contributed by atoms with E-state index < -0.39 is 10.0 Å². The molecule has 2 aromatic rings. The summed E-state index contributed by atoms with van der Waals surface area (Å²) in [5.74, 6) is 0.591. The summed E-state index contributed by atoms with van der Waals surface area (Å²) in [5, 5.41) is 2.59. The van der Waals surface area contributed by atoms with Crippen LogP contribution in [0.25, 0.3) is 0 Å². The molecule has 0 saturated heterocycles. The smallest absolute Gasteiger partial charge is 0.265 e. The number of carbonyl (C=O) groups is 1. The van der Waals surface area contributed by atoms with Gasteiger partial charge in [-0.1, -0.05) is 0 Å². The minimum atomic E-state index is -3.74. The zero-order valence-corrected chi connectivity index (χ0v) is 14.2. The first-order chi connectivity index (χ1) is 10.7. The fourth-order valence-electron chi connectivity index (χ4n) is 2.05. The Bertz CT molecular complexity index is 812. The summed E-state index contributed by atoms with van der Waals surface area (Å²) in [5.41, 5.74) is 1.23. The summed E-state index contributed by atoms with van der Waals surface area (Å²) in [7, 11) is -2.30. The molecule has 0 spiro atoms. The molecular formula is C15H18N4O3S. The fourth-order valence-corrected chi connectivity index (χ4v) is 3.19. The van der Waals surface area contributed by atoms with Gasteiger partial charge in [-0.3, -0.25) is 9.10 Å². The molecule has 1 aromatic heterocycles. The van der Waals surface area contributed by atoms with Crippen LogP contribution in [0.5, 0.6) is 0 Å². The molecule has 0 saturated carbocycles. The number of aryl methyl sites for hydroxylation is 2. The summed E-state index contributed by atoms with van der Waals surface area (Å²) in [6.07, 6.45) is 0. The van der Waals surface area contributed by atoms with Crippen molar-refractivity contribution >= 4 is 27.4 Å². The molecule has 1 heterocycles. The van der Waals surface area contributed by atoms with Gasteiger partial charge in [0.1, 0.15) is 11.6 Å². The number of rotatable bonds is 4. The summed E-state index contributed by atoms with van der Waals surface area (Å²) < 4.78 is 26.4. The molecule has 8 heteroatoms. The van der Waals surface area contributed by atoms with Gasteiger partial charge in [-0.2, -0.15) is 0 Å². The van der Waals surface area contributed by atoms with Gasteiger partial charge >= 0.3 is 0 Å². The standard InChI is InChI=1S/C15H18N4O3S/c1-10-9-15(17-11(2)16-10)19(4)23(21,22)14-7-5-13(6-8-14)18-12(3)20/h5-9H,1-4H3,(H,18,20). The molecule has 7 nitrogen and oxygen atoms in total.